The minimum atomic E-state index is -0.0694. The van der Waals surface area contributed by atoms with Gasteiger partial charge in [0.1, 0.15) is 0 Å². The van der Waals surface area contributed by atoms with E-state index in [-0.39, 0.29) is 58.8 Å². The third-order valence-electron chi connectivity index (χ3n) is 0.0430. The van der Waals surface area contributed by atoms with Gasteiger partial charge in [-0.3, -0.25) is 0 Å². The zero-order valence-electron chi connectivity index (χ0n) is 4.84. The minimum absolute atomic E-state index is 0. The molecule has 0 aromatic heterocycles. The molecule has 1 radical (unpaired) electrons. The zero-order valence-corrected chi connectivity index (χ0v) is 6.84. The molecule has 9 heteroatoms. The summed E-state index contributed by atoms with van der Waals surface area (Å²) >= 11 is 0. The fourth-order valence-corrected chi connectivity index (χ4v) is 0. The number of rotatable bonds is 1. The van der Waals surface area contributed by atoms with Crippen molar-refractivity contribution in [3.05, 3.63) is 0 Å². The standard InChI is InChI=1S/BHO3.Na.4H2O/c2-1-4-3;;;;;/h3H;;4*1H2. The Labute approximate surface area is 73.7 Å². The summed E-state index contributed by atoms with van der Waals surface area (Å²) in [7, 11) is -0.0694. The molecule has 0 heterocycles. The second-order valence-corrected chi connectivity index (χ2v) is 0.202. The van der Waals surface area contributed by atoms with E-state index in [0.717, 1.165) is 0 Å². The zero-order chi connectivity index (χ0) is 3.41. The van der Waals surface area contributed by atoms with E-state index >= 15 is 0 Å². The van der Waals surface area contributed by atoms with E-state index in [0.29, 0.717) is 0 Å². The van der Waals surface area contributed by atoms with Crippen molar-refractivity contribution in [1.82, 2.24) is 0 Å². The van der Waals surface area contributed by atoms with E-state index in [1.54, 1.807) is 0 Å². The van der Waals surface area contributed by atoms with Crippen molar-refractivity contribution >= 4 is 36.9 Å². The Hall–Kier alpha value is 0.465. The van der Waals surface area contributed by atoms with E-state index in [4.69, 9.17) is 9.96 Å². The van der Waals surface area contributed by atoms with Crippen LogP contribution in [-0.2, 0) is 9.51 Å². The molecule has 0 rings (SSSR count). The van der Waals surface area contributed by atoms with Gasteiger partial charge in [-0.25, -0.2) is 0 Å². The molecule has 0 aliphatic rings. The van der Waals surface area contributed by atoms with Crippen LogP contribution in [0.25, 0.3) is 0 Å². The quantitative estimate of drug-likeness (QED) is 0.229. The Morgan fingerprint density at radius 2 is 1.22 bits per heavy atom. The molecule has 0 fully saturated rings. The molecule has 9 N–H and O–H groups in total. The fourth-order valence-electron chi connectivity index (χ4n) is 0. The molecule has 7 nitrogen and oxygen atoms in total. The van der Waals surface area contributed by atoms with Crippen molar-refractivity contribution in [3.63, 3.8) is 0 Å². The van der Waals surface area contributed by atoms with Gasteiger partial charge in [0.05, 0.1) is 0 Å². The van der Waals surface area contributed by atoms with Crippen LogP contribution in [-0.4, -0.2) is 64.1 Å². The van der Waals surface area contributed by atoms with Crippen LogP contribution in [0.5, 0.6) is 0 Å². The smallest absolute Gasteiger partial charge is 0 e. The summed E-state index contributed by atoms with van der Waals surface area (Å²) in [5, 5.41) is 7.01. The Morgan fingerprint density at radius 1 is 1.11 bits per heavy atom. The van der Waals surface area contributed by atoms with Crippen molar-refractivity contribution in [1.29, 1.82) is 0 Å². The predicted octanol–water partition coefficient (Wildman–Crippen LogP) is -4.24. The van der Waals surface area contributed by atoms with Crippen LogP contribution in [0.2, 0.25) is 0 Å². The van der Waals surface area contributed by atoms with Crippen LogP contribution in [0.15, 0.2) is 0 Å². The molecule has 55 valence electrons. The molecular weight excluding hydrogens is 146 g/mol. The summed E-state index contributed by atoms with van der Waals surface area (Å²) in [5.41, 5.74) is 0. The summed E-state index contributed by atoms with van der Waals surface area (Å²) in [6, 6.07) is 0. The van der Waals surface area contributed by atoms with Crippen molar-refractivity contribution in [2.75, 3.05) is 0 Å². The molecule has 0 saturated carbocycles. The van der Waals surface area contributed by atoms with E-state index in [1.807, 2.05) is 0 Å². The van der Waals surface area contributed by atoms with Crippen LogP contribution in [0.3, 0.4) is 0 Å². The topological polar surface area (TPSA) is 173 Å². The van der Waals surface area contributed by atoms with E-state index < -0.39 is 0 Å². The van der Waals surface area contributed by atoms with Gasteiger partial charge in [-0.05, 0) is 0 Å². The maximum Gasteiger partial charge on any atom is 0 e. The minimum Gasteiger partial charge on any atom is 0 e. The average Bonchev–Trinajstić information content (AvgIpc) is 1.37. The van der Waals surface area contributed by atoms with Crippen molar-refractivity contribution in [2.45, 2.75) is 0 Å². The Bertz CT molecular complexity index is 22.9. The predicted molar refractivity (Wildman–Crippen MR) is 30.4 cm³/mol. The summed E-state index contributed by atoms with van der Waals surface area (Å²) in [6.07, 6.45) is 0. The summed E-state index contributed by atoms with van der Waals surface area (Å²) in [4.78, 5) is 2.86. The first-order valence-electron chi connectivity index (χ1n) is 0.654. The van der Waals surface area contributed by atoms with Crippen LogP contribution in [0, 0.1) is 0 Å². The molecular formula is H9BNaO7. The molecule has 0 aromatic rings. The SMILES string of the molecule is O.O.O.O.O=BOO.[Na]. The molecule has 9 heavy (non-hydrogen) atoms. The first-order chi connectivity index (χ1) is 1.91. The Balaban J connectivity index is -0.00000000450. The van der Waals surface area contributed by atoms with Crippen LogP contribution >= 0.6 is 0 Å². The Kier molecular flexibility index (Phi) is 487. The van der Waals surface area contributed by atoms with Gasteiger partial charge in [0, 0.05) is 29.6 Å². The molecule has 0 bridgehead atoms. The molecule has 0 spiro atoms. The van der Waals surface area contributed by atoms with Gasteiger partial charge in [0.2, 0.25) is 0 Å². The average molecular weight is 155 g/mol. The molecule has 0 aromatic carbocycles. The third kappa shape index (κ3) is 165. The maximum absolute atomic E-state index is 8.70. The first kappa shape index (κ1) is 56.5. The fraction of sp³-hybridized carbons (Fsp3) is 0. The normalized spacial score (nSPS) is 1.89. The second kappa shape index (κ2) is 77.6. The number of hydrogen-bond acceptors (Lipinski definition) is 3. The molecule has 0 saturated heterocycles. The van der Waals surface area contributed by atoms with E-state index in [9.17, 15) is 0 Å². The van der Waals surface area contributed by atoms with Crippen LogP contribution < -0.4 is 0 Å². The van der Waals surface area contributed by atoms with Crippen molar-refractivity contribution in [2.24, 2.45) is 0 Å². The van der Waals surface area contributed by atoms with Crippen molar-refractivity contribution < 1.29 is 36.7 Å². The monoisotopic (exact) mass is 155 g/mol. The Morgan fingerprint density at radius 3 is 1.22 bits per heavy atom. The summed E-state index contributed by atoms with van der Waals surface area (Å²) < 4.78 is 8.70. The first-order valence-corrected chi connectivity index (χ1v) is 0.654. The van der Waals surface area contributed by atoms with Gasteiger partial charge in [-0.1, -0.05) is 0 Å². The third-order valence-corrected chi connectivity index (χ3v) is 0.0430. The summed E-state index contributed by atoms with van der Waals surface area (Å²) in [6.45, 7) is 0. The largest absolute Gasteiger partial charge is 0 e. The van der Waals surface area contributed by atoms with Gasteiger partial charge in [-0.15, -0.1) is 0 Å². The molecule has 0 atom stereocenters. The summed E-state index contributed by atoms with van der Waals surface area (Å²) in [5.74, 6) is 0. The van der Waals surface area contributed by atoms with Gasteiger partial charge < -0.3 is 21.9 Å². The van der Waals surface area contributed by atoms with Crippen LogP contribution in [0.1, 0.15) is 0 Å². The van der Waals surface area contributed by atoms with Gasteiger partial charge in [-0.2, -0.15) is 0 Å². The maximum atomic E-state index is 8.70. The van der Waals surface area contributed by atoms with Crippen molar-refractivity contribution in [3.8, 4) is 0 Å². The number of hydrogen-bond donors (Lipinski definition) is 1. The van der Waals surface area contributed by atoms with E-state index in [2.05, 4.69) is 4.81 Å². The van der Waals surface area contributed by atoms with Gasteiger partial charge in [0.25, 0.3) is 0 Å². The van der Waals surface area contributed by atoms with Gasteiger partial charge in [0.15, 0.2) is 0 Å². The molecule has 0 aliphatic carbocycles. The van der Waals surface area contributed by atoms with Crippen LogP contribution in [0.4, 0.5) is 0 Å². The molecule has 0 aliphatic heterocycles. The van der Waals surface area contributed by atoms with Gasteiger partial charge >= 0.3 is 22.1 Å². The molecule has 0 unspecified atom stereocenters. The van der Waals surface area contributed by atoms with E-state index in [1.165, 1.54) is 0 Å². The molecule has 0 amide bonds. The second-order valence-electron chi connectivity index (χ2n) is 0.202.